The topological polar surface area (TPSA) is 80.7 Å². The van der Waals surface area contributed by atoms with Gasteiger partial charge in [-0.25, -0.2) is 4.79 Å². The number of hydrogen-bond acceptors (Lipinski definition) is 5. The minimum Gasteiger partial charge on any atom is -0.381 e. The lowest BCUT2D eigenvalue weighted by molar-refractivity contribution is 0.00222. The van der Waals surface area contributed by atoms with Gasteiger partial charge in [-0.2, -0.15) is 5.10 Å². The summed E-state index contributed by atoms with van der Waals surface area (Å²) in [6.07, 6.45) is 4.53. The molecular formula is C16H27N5O3. The van der Waals surface area contributed by atoms with Gasteiger partial charge in [-0.15, -0.1) is 0 Å². The van der Waals surface area contributed by atoms with E-state index in [2.05, 4.69) is 20.6 Å². The van der Waals surface area contributed by atoms with E-state index < -0.39 is 0 Å². The van der Waals surface area contributed by atoms with Crippen LogP contribution < -0.4 is 10.6 Å². The first-order valence-electron chi connectivity index (χ1n) is 8.73. The van der Waals surface area contributed by atoms with Gasteiger partial charge in [0.25, 0.3) is 0 Å². The number of rotatable bonds is 6. The molecule has 2 amide bonds. The van der Waals surface area contributed by atoms with Crippen LogP contribution in [-0.4, -0.2) is 72.8 Å². The molecule has 0 saturated carbocycles. The number of aryl methyl sites for hydroxylation is 1. The van der Waals surface area contributed by atoms with E-state index >= 15 is 0 Å². The summed E-state index contributed by atoms with van der Waals surface area (Å²) < 4.78 is 12.8. The highest BCUT2D eigenvalue weighted by molar-refractivity contribution is 5.88. The van der Waals surface area contributed by atoms with Crippen LogP contribution in [0.4, 0.5) is 10.5 Å². The van der Waals surface area contributed by atoms with Gasteiger partial charge >= 0.3 is 6.03 Å². The van der Waals surface area contributed by atoms with Crippen LogP contribution in [0.3, 0.4) is 0 Å². The zero-order chi connectivity index (χ0) is 16.8. The maximum atomic E-state index is 12.2. The van der Waals surface area contributed by atoms with Crippen molar-refractivity contribution < 1.29 is 14.3 Å². The van der Waals surface area contributed by atoms with Crippen molar-refractivity contribution in [3.05, 3.63) is 12.4 Å². The van der Waals surface area contributed by atoms with Gasteiger partial charge in [0.05, 0.1) is 31.7 Å². The lowest BCUT2D eigenvalue weighted by Gasteiger charge is -2.37. The second-order valence-electron chi connectivity index (χ2n) is 6.26. The molecule has 2 N–H and O–H groups in total. The first-order valence-corrected chi connectivity index (χ1v) is 8.73. The minimum absolute atomic E-state index is 0.192. The van der Waals surface area contributed by atoms with E-state index in [-0.39, 0.29) is 6.03 Å². The fraction of sp³-hybridized carbons (Fsp3) is 0.750. The number of nitrogens with zero attached hydrogens (tertiary/aromatic N) is 3. The standard InChI is InChI=1S/C16H27N5O3/c1-2-21-11-14(9-18-21)19-16(22)17-10-15(13-3-6-24-12-13)20-4-7-23-8-5-20/h9,11,13,15H,2-8,10,12H2,1H3,(H2,17,19,22)/t13-,15-/m1/s1. The molecule has 8 nitrogen and oxygen atoms in total. The maximum Gasteiger partial charge on any atom is 0.319 e. The molecule has 2 atom stereocenters. The third-order valence-corrected chi connectivity index (χ3v) is 4.71. The number of aromatic nitrogens is 2. The van der Waals surface area contributed by atoms with Crippen molar-refractivity contribution in [3.63, 3.8) is 0 Å². The van der Waals surface area contributed by atoms with E-state index in [0.717, 1.165) is 52.5 Å². The summed E-state index contributed by atoms with van der Waals surface area (Å²) in [7, 11) is 0. The molecule has 0 spiro atoms. The molecule has 24 heavy (non-hydrogen) atoms. The van der Waals surface area contributed by atoms with E-state index in [9.17, 15) is 4.79 Å². The number of nitrogens with one attached hydrogen (secondary N) is 2. The molecule has 8 heteroatoms. The third-order valence-electron chi connectivity index (χ3n) is 4.71. The summed E-state index contributed by atoms with van der Waals surface area (Å²) in [6.45, 7) is 8.32. The molecule has 0 unspecified atom stereocenters. The summed E-state index contributed by atoms with van der Waals surface area (Å²) >= 11 is 0. The van der Waals surface area contributed by atoms with Gasteiger partial charge in [-0.05, 0) is 13.3 Å². The molecule has 2 fully saturated rings. The second kappa shape index (κ2) is 8.46. The highest BCUT2D eigenvalue weighted by atomic mass is 16.5. The third kappa shape index (κ3) is 4.46. The second-order valence-corrected chi connectivity index (χ2v) is 6.26. The minimum atomic E-state index is -0.192. The van der Waals surface area contributed by atoms with Gasteiger partial charge in [0, 0.05) is 50.9 Å². The Morgan fingerprint density at radius 1 is 1.38 bits per heavy atom. The molecule has 3 heterocycles. The van der Waals surface area contributed by atoms with E-state index in [4.69, 9.17) is 9.47 Å². The zero-order valence-corrected chi connectivity index (χ0v) is 14.2. The van der Waals surface area contributed by atoms with Crippen LogP contribution in [0.5, 0.6) is 0 Å². The van der Waals surface area contributed by atoms with Crippen LogP contribution in [0.25, 0.3) is 0 Å². The smallest absolute Gasteiger partial charge is 0.319 e. The van der Waals surface area contributed by atoms with E-state index in [1.54, 1.807) is 10.9 Å². The van der Waals surface area contributed by atoms with Crippen molar-refractivity contribution in [2.45, 2.75) is 25.9 Å². The van der Waals surface area contributed by atoms with Crippen molar-refractivity contribution in [2.75, 3.05) is 51.4 Å². The average molecular weight is 337 g/mol. The van der Waals surface area contributed by atoms with Gasteiger partial charge in [0.2, 0.25) is 0 Å². The Kier molecular flexibility index (Phi) is 6.06. The highest BCUT2D eigenvalue weighted by Gasteiger charge is 2.31. The van der Waals surface area contributed by atoms with Gasteiger partial charge in [0.15, 0.2) is 0 Å². The van der Waals surface area contributed by atoms with Crippen LogP contribution >= 0.6 is 0 Å². The molecule has 0 radical (unpaired) electrons. The Bertz CT molecular complexity index is 524. The number of anilines is 1. The summed E-state index contributed by atoms with van der Waals surface area (Å²) in [5, 5.41) is 10.0. The molecule has 0 aliphatic carbocycles. The molecule has 2 saturated heterocycles. The normalized spacial score (nSPS) is 23.1. The fourth-order valence-corrected chi connectivity index (χ4v) is 3.33. The van der Waals surface area contributed by atoms with Crippen molar-refractivity contribution in [2.24, 2.45) is 5.92 Å². The Hall–Kier alpha value is -1.64. The average Bonchev–Trinajstić information content (AvgIpc) is 3.28. The van der Waals surface area contributed by atoms with E-state index in [1.165, 1.54) is 0 Å². The predicted molar refractivity (Wildman–Crippen MR) is 90.0 cm³/mol. The SMILES string of the molecule is CCn1cc(NC(=O)NC[C@H]([C@@H]2CCOC2)N2CCOCC2)cn1. The zero-order valence-electron chi connectivity index (χ0n) is 14.2. The van der Waals surface area contributed by atoms with Crippen LogP contribution in [0.2, 0.25) is 0 Å². The molecule has 1 aromatic heterocycles. The van der Waals surface area contributed by atoms with Crippen molar-refractivity contribution in [1.82, 2.24) is 20.0 Å². The number of ether oxygens (including phenoxy) is 2. The van der Waals surface area contributed by atoms with E-state index in [0.29, 0.717) is 24.2 Å². The number of carbonyl (C=O) groups excluding carboxylic acids is 1. The van der Waals surface area contributed by atoms with Crippen LogP contribution in [0.15, 0.2) is 12.4 Å². The van der Waals surface area contributed by atoms with Gasteiger partial charge in [-0.1, -0.05) is 0 Å². The molecule has 0 aromatic carbocycles. The quantitative estimate of drug-likeness (QED) is 0.801. The fourth-order valence-electron chi connectivity index (χ4n) is 3.33. The number of morpholine rings is 1. The lowest BCUT2D eigenvalue weighted by Crippen LogP contribution is -2.52. The Morgan fingerprint density at radius 3 is 2.88 bits per heavy atom. The molecule has 2 aliphatic rings. The lowest BCUT2D eigenvalue weighted by atomic mass is 9.97. The Morgan fingerprint density at radius 2 is 2.21 bits per heavy atom. The number of urea groups is 1. The van der Waals surface area contributed by atoms with Crippen molar-refractivity contribution in [1.29, 1.82) is 0 Å². The first-order chi connectivity index (χ1) is 11.8. The van der Waals surface area contributed by atoms with Crippen molar-refractivity contribution in [3.8, 4) is 0 Å². The summed E-state index contributed by atoms with van der Waals surface area (Å²) in [6, 6.07) is 0.100. The highest BCUT2D eigenvalue weighted by Crippen LogP contribution is 2.21. The largest absolute Gasteiger partial charge is 0.381 e. The van der Waals surface area contributed by atoms with Gasteiger partial charge in [0.1, 0.15) is 0 Å². The maximum absolute atomic E-state index is 12.2. The first kappa shape index (κ1) is 17.2. The van der Waals surface area contributed by atoms with Gasteiger partial charge in [-0.3, -0.25) is 9.58 Å². The Balaban J connectivity index is 1.52. The molecule has 134 valence electrons. The van der Waals surface area contributed by atoms with E-state index in [1.807, 2.05) is 13.1 Å². The molecular weight excluding hydrogens is 310 g/mol. The molecule has 1 aromatic rings. The Labute approximate surface area is 142 Å². The summed E-state index contributed by atoms with van der Waals surface area (Å²) in [4.78, 5) is 14.6. The van der Waals surface area contributed by atoms with Crippen LogP contribution in [-0.2, 0) is 16.0 Å². The number of hydrogen-bond donors (Lipinski definition) is 2. The number of amides is 2. The predicted octanol–water partition coefficient (Wildman–Crippen LogP) is 0.762. The van der Waals surface area contributed by atoms with Crippen LogP contribution in [0, 0.1) is 5.92 Å². The molecule has 2 aliphatic heterocycles. The molecule has 3 rings (SSSR count). The molecule has 0 bridgehead atoms. The number of carbonyl (C=O) groups is 1. The monoisotopic (exact) mass is 337 g/mol. The van der Waals surface area contributed by atoms with Crippen LogP contribution in [0.1, 0.15) is 13.3 Å². The van der Waals surface area contributed by atoms with Crippen molar-refractivity contribution >= 4 is 11.7 Å². The summed E-state index contributed by atoms with van der Waals surface area (Å²) in [5.74, 6) is 0.464. The van der Waals surface area contributed by atoms with Gasteiger partial charge < -0.3 is 20.1 Å². The summed E-state index contributed by atoms with van der Waals surface area (Å²) in [5.41, 5.74) is 0.710.